The van der Waals surface area contributed by atoms with E-state index in [0.29, 0.717) is 23.7 Å². The molecule has 36 heavy (non-hydrogen) atoms. The number of carbonyl (C=O) groups is 2. The third-order valence-electron chi connectivity index (χ3n) is 6.28. The predicted octanol–water partition coefficient (Wildman–Crippen LogP) is 6.44. The fraction of sp³-hybridized carbons (Fsp3) is 0.333. The van der Waals surface area contributed by atoms with Gasteiger partial charge in [-0.25, -0.2) is 0 Å². The molecule has 0 unspecified atom stereocenters. The van der Waals surface area contributed by atoms with Crippen molar-refractivity contribution in [3.63, 3.8) is 0 Å². The standard InChI is InChI=1S/C30H35ClN2O2S/c1-4-23(3)32-30(35)28(18-24-11-6-5-7-12-24)33(19-25-14-16-27(31)17-15-25)29(34)21-36-20-26-13-9-8-10-22(26)2/h5-17,23,28H,4,18-21H2,1-3H3,(H,32,35)/t23-,28+/m1/s1. The second-order valence-corrected chi connectivity index (χ2v) is 10.5. The van der Waals surface area contributed by atoms with Crippen LogP contribution in [0.5, 0.6) is 0 Å². The highest BCUT2D eigenvalue weighted by Crippen LogP contribution is 2.20. The zero-order valence-corrected chi connectivity index (χ0v) is 22.8. The summed E-state index contributed by atoms with van der Waals surface area (Å²) in [4.78, 5) is 28.9. The summed E-state index contributed by atoms with van der Waals surface area (Å²) in [5.41, 5.74) is 4.38. The highest BCUT2D eigenvalue weighted by atomic mass is 35.5. The maximum absolute atomic E-state index is 13.7. The quantitative estimate of drug-likeness (QED) is 0.298. The molecule has 6 heteroatoms. The van der Waals surface area contributed by atoms with Gasteiger partial charge in [-0.15, -0.1) is 11.8 Å². The van der Waals surface area contributed by atoms with Gasteiger partial charge in [0.25, 0.3) is 0 Å². The molecule has 190 valence electrons. The molecule has 0 aromatic heterocycles. The number of nitrogens with one attached hydrogen (secondary N) is 1. The molecule has 0 aliphatic carbocycles. The molecule has 0 saturated carbocycles. The van der Waals surface area contributed by atoms with Crippen LogP contribution in [0.1, 0.15) is 42.5 Å². The SMILES string of the molecule is CC[C@@H](C)NC(=O)[C@H](Cc1ccccc1)N(Cc1ccc(Cl)cc1)C(=O)CSCc1ccccc1C. The Morgan fingerprint density at radius 1 is 0.944 bits per heavy atom. The summed E-state index contributed by atoms with van der Waals surface area (Å²) in [7, 11) is 0. The average Bonchev–Trinajstić information content (AvgIpc) is 2.88. The molecule has 0 radical (unpaired) electrons. The minimum absolute atomic E-state index is 0.0266. The number of hydrogen-bond donors (Lipinski definition) is 1. The van der Waals surface area contributed by atoms with Crippen LogP contribution in [0, 0.1) is 6.92 Å². The molecule has 0 aliphatic heterocycles. The molecule has 1 N–H and O–H groups in total. The number of carbonyl (C=O) groups excluding carboxylic acids is 2. The van der Waals surface area contributed by atoms with E-state index in [0.717, 1.165) is 23.3 Å². The Hall–Kier alpha value is -2.76. The third-order valence-corrected chi connectivity index (χ3v) is 7.50. The maximum atomic E-state index is 13.7. The van der Waals surface area contributed by atoms with Gasteiger partial charge in [0.15, 0.2) is 0 Å². The first-order chi connectivity index (χ1) is 17.4. The molecule has 3 aromatic rings. The molecular formula is C30H35ClN2O2S. The molecule has 3 rings (SSSR count). The van der Waals surface area contributed by atoms with Crippen LogP contribution in [0.3, 0.4) is 0 Å². The lowest BCUT2D eigenvalue weighted by atomic mass is 10.0. The summed E-state index contributed by atoms with van der Waals surface area (Å²) < 4.78 is 0. The van der Waals surface area contributed by atoms with E-state index in [-0.39, 0.29) is 17.9 Å². The van der Waals surface area contributed by atoms with E-state index in [1.54, 1.807) is 16.7 Å². The van der Waals surface area contributed by atoms with Gasteiger partial charge < -0.3 is 10.2 Å². The number of halogens is 1. The molecular weight excluding hydrogens is 488 g/mol. The van der Waals surface area contributed by atoms with Gasteiger partial charge in [-0.2, -0.15) is 0 Å². The molecule has 4 nitrogen and oxygen atoms in total. The summed E-state index contributed by atoms with van der Waals surface area (Å²) in [6.45, 7) is 6.45. The third kappa shape index (κ3) is 8.42. The molecule has 0 saturated heterocycles. The number of benzene rings is 3. The summed E-state index contributed by atoms with van der Waals surface area (Å²) in [6.07, 6.45) is 1.27. The minimum Gasteiger partial charge on any atom is -0.352 e. The number of hydrogen-bond acceptors (Lipinski definition) is 3. The first kappa shape index (κ1) is 27.8. The van der Waals surface area contributed by atoms with E-state index in [4.69, 9.17) is 11.6 Å². The molecule has 0 spiro atoms. The second kappa shape index (κ2) is 14.1. The molecule has 0 heterocycles. The van der Waals surface area contributed by atoms with Gasteiger partial charge >= 0.3 is 0 Å². The van der Waals surface area contributed by atoms with Crippen molar-refractivity contribution in [2.24, 2.45) is 0 Å². The van der Waals surface area contributed by atoms with Gasteiger partial charge in [-0.3, -0.25) is 9.59 Å². The summed E-state index contributed by atoms with van der Waals surface area (Å²) >= 11 is 7.68. The Morgan fingerprint density at radius 2 is 1.61 bits per heavy atom. The minimum atomic E-state index is -0.622. The second-order valence-electron chi connectivity index (χ2n) is 9.09. The van der Waals surface area contributed by atoms with Crippen molar-refractivity contribution in [2.45, 2.75) is 58.0 Å². The van der Waals surface area contributed by atoms with Gasteiger partial charge in [-0.05, 0) is 54.7 Å². The number of rotatable bonds is 12. The van der Waals surface area contributed by atoms with Crippen LogP contribution in [0.25, 0.3) is 0 Å². The van der Waals surface area contributed by atoms with Crippen molar-refractivity contribution in [3.8, 4) is 0 Å². The normalized spacial score (nSPS) is 12.6. The van der Waals surface area contributed by atoms with Crippen LogP contribution < -0.4 is 5.32 Å². The average molecular weight is 523 g/mol. The fourth-order valence-electron chi connectivity index (χ4n) is 3.88. The van der Waals surface area contributed by atoms with Crippen molar-refractivity contribution in [1.82, 2.24) is 10.2 Å². The smallest absolute Gasteiger partial charge is 0.243 e. The van der Waals surface area contributed by atoms with Gasteiger partial charge in [0.2, 0.25) is 11.8 Å². The molecule has 0 bridgehead atoms. The van der Waals surface area contributed by atoms with Crippen LogP contribution >= 0.6 is 23.4 Å². The zero-order chi connectivity index (χ0) is 25.9. The van der Waals surface area contributed by atoms with Crippen LogP contribution in [0.15, 0.2) is 78.9 Å². The summed E-state index contributed by atoms with van der Waals surface area (Å²) in [6, 6.07) is 25.0. The van der Waals surface area contributed by atoms with Crippen molar-refractivity contribution < 1.29 is 9.59 Å². The number of thioether (sulfide) groups is 1. The van der Waals surface area contributed by atoms with E-state index in [1.807, 2.05) is 80.6 Å². The van der Waals surface area contributed by atoms with Crippen LogP contribution in [-0.4, -0.2) is 34.6 Å². The van der Waals surface area contributed by atoms with Crippen molar-refractivity contribution in [2.75, 3.05) is 5.75 Å². The Labute approximate surface area is 224 Å². The van der Waals surface area contributed by atoms with Gasteiger partial charge in [0.05, 0.1) is 5.75 Å². The van der Waals surface area contributed by atoms with Crippen LogP contribution in [0.4, 0.5) is 0 Å². The lowest BCUT2D eigenvalue weighted by molar-refractivity contribution is -0.139. The Kier molecular flexibility index (Phi) is 10.9. The monoisotopic (exact) mass is 522 g/mol. The maximum Gasteiger partial charge on any atom is 0.243 e. The van der Waals surface area contributed by atoms with Crippen LogP contribution in [0.2, 0.25) is 5.02 Å². The Bertz CT molecular complexity index is 1120. The van der Waals surface area contributed by atoms with Crippen LogP contribution in [-0.2, 0) is 28.3 Å². The number of nitrogens with zero attached hydrogens (tertiary/aromatic N) is 1. The zero-order valence-electron chi connectivity index (χ0n) is 21.2. The first-order valence-corrected chi connectivity index (χ1v) is 13.9. The summed E-state index contributed by atoms with van der Waals surface area (Å²) in [5, 5.41) is 3.75. The Balaban J connectivity index is 1.85. The highest BCUT2D eigenvalue weighted by Gasteiger charge is 2.30. The van der Waals surface area contributed by atoms with E-state index in [1.165, 1.54) is 11.1 Å². The largest absolute Gasteiger partial charge is 0.352 e. The molecule has 2 amide bonds. The number of amides is 2. The molecule has 0 aliphatic rings. The summed E-state index contributed by atoms with van der Waals surface area (Å²) in [5.74, 6) is 0.864. The van der Waals surface area contributed by atoms with Gasteiger partial charge in [-0.1, -0.05) is 85.3 Å². The van der Waals surface area contributed by atoms with Crippen molar-refractivity contribution in [3.05, 3.63) is 106 Å². The predicted molar refractivity (Wildman–Crippen MR) is 151 cm³/mol. The molecule has 0 fully saturated rings. The van der Waals surface area contributed by atoms with E-state index in [9.17, 15) is 9.59 Å². The topological polar surface area (TPSA) is 49.4 Å². The van der Waals surface area contributed by atoms with Gasteiger partial charge in [0, 0.05) is 29.8 Å². The highest BCUT2D eigenvalue weighted by molar-refractivity contribution is 7.99. The molecule has 2 atom stereocenters. The molecule has 3 aromatic carbocycles. The lowest BCUT2D eigenvalue weighted by Crippen LogP contribution is -2.52. The van der Waals surface area contributed by atoms with E-state index in [2.05, 4.69) is 24.4 Å². The lowest BCUT2D eigenvalue weighted by Gasteiger charge is -2.32. The number of aryl methyl sites for hydroxylation is 1. The van der Waals surface area contributed by atoms with Gasteiger partial charge in [0.1, 0.15) is 6.04 Å². The van der Waals surface area contributed by atoms with E-state index >= 15 is 0 Å². The van der Waals surface area contributed by atoms with Crippen molar-refractivity contribution in [1.29, 1.82) is 0 Å². The van der Waals surface area contributed by atoms with Crippen molar-refractivity contribution >= 4 is 35.2 Å². The first-order valence-electron chi connectivity index (χ1n) is 12.4. The Morgan fingerprint density at radius 3 is 2.28 bits per heavy atom. The van der Waals surface area contributed by atoms with E-state index < -0.39 is 6.04 Å². The fourth-order valence-corrected chi connectivity index (χ4v) is 5.00.